The quantitative estimate of drug-likeness (QED) is 0.656. The molecule has 1 aromatic carbocycles. The van der Waals surface area contributed by atoms with E-state index in [-0.39, 0.29) is 18.2 Å². The molecule has 0 unspecified atom stereocenters. The maximum absolute atomic E-state index is 12.3. The zero-order valence-electron chi connectivity index (χ0n) is 16.0. The van der Waals surface area contributed by atoms with Crippen LogP contribution in [0.2, 0.25) is 25.7 Å². The van der Waals surface area contributed by atoms with E-state index in [0.717, 1.165) is 23.6 Å². The second-order valence-corrected chi connectivity index (χ2v) is 13.7. The highest BCUT2D eigenvalue weighted by atomic mass is 28.3. The van der Waals surface area contributed by atoms with E-state index >= 15 is 0 Å². The average molecular weight is 362 g/mol. The topological polar surface area (TPSA) is 38.8 Å². The van der Waals surface area contributed by atoms with E-state index < -0.39 is 8.07 Å². The molecule has 0 radical (unpaired) electrons. The Morgan fingerprint density at radius 2 is 2.16 bits per heavy atom. The van der Waals surface area contributed by atoms with E-state index in [1.54, 1.807) is 4.90 Å². The molecule has 0 spiro atoms. The lowest BCUT2D eigenvalue weighted by Crippen LogP contribution is -2.36. The summed E-state index contributed by atoms with van der Waals surface area (Å²) in [6.07, 6.45) is 2.54. The lowest BCUT2D eigenvalue weighted by Gasteiger charge is -2.22. The number of hydrogen-bond acceptors (Lipinski definition) is 3. The zero-order chi connectivity index (χ0) is 18.4. The van der Waals surface area contributed by atoms with Crippen LogP contribution < -0.4 is 0 Å². The Morgan fingerprint density at radius 1 is 1.40 bits per heavy atom. The van der Waals surface area contributed by atoms with Gasteiger partial charge in [0.1, 0.15) is 0 Å². The minimum absolute atomic E-state index is 0.0620. The predicted molar refractivity (Wildman–Crippen MR) is 105 cm³/mol. The normalized spacial score (nSPS) is 20.6. The van der Waals surface area contributed by atoms with Crippen molar-refractivity contribution in [3.63, 3.8) is 0 Å². The second kappa shape index (κ2) is 8.67. The molecule has 2 atom stereocenters. The first-order chi connectivity index (χ1) is 11.8. The second-order valence-electron chi connectivity index (χ2n) is 8.04. The molecule has 0 aliphatic carbocycles. The number of benzene rings is 1. The van der Waals surface area contributed by atoms with Crippen LogP contribution in [0.3, 0.4) is 0 Å². The van der Waals surface area contributed by atoms with Crippen molar-refractivity contribution in [2.75, 3.05) is 13.2 Å². The molecular weight excluding hydrogens is 330 g/mol. The van der Waals surface area contributed by atoms with Crippen LogP contribution in [0, 0.1) is 0 Å². The number of hydrogen-bond donors (Lipinski definition) is 0. The van der Waals surface area contributed by atoms with Crippen LogP contribution in [-0.4, -0.2) is 44.4 Å². The number of amides is 1. The van der Waals surface area contributed by atoms with E-state index in [1.165, 1.54) is 0 Å². The molecule has 1 amide bonds. The Morgan fingerprint density at radius 3 is 2.84 bits per heavy atom. The summed E-state index contributed by atoms with van der Waals surface area (Å²) in [5, 5.41) is 0. The van der Waals surface area contributed by atoms with Crippen molar-refractivity contribution in [2.45, 2.75) is 57.8 Å². The third kappa shape index (κ3) is 6.33. The van der Waals surface area contributed by atoms with E-state index in [2.05, 4.69) is 39.2 Å². The fourth-order valence-corrected chi connectivity index (χ4v) is 3.62. The Bertz CT molecular complexity index is 597. The van der Waals surface area contributed by atoms with Crippen molar-refractivity contribution >= 4 is 20.2 Å². The number of rotatable bonds is 7. The summed E-state index contributed by atoms with van der Waals surface area (Å²) in [4.78, 5) is 14.1. The van der Waals surface area contributed by atoms with Crippen LogP contribution in [0.4, 0.5) is 4.79 Å². The lowest BCUT2D eigenvalue weighted by molar-refractivity contribution is 0.0442. The minimum Gasteiger partial charge on any atom is -0.450 e. The van der Waals surface area contributed by atoms with Crippen LogP contribution in [0.1, 0.15) is 24.5 Å². The first-order valence-corrected chi connectivity index (χ1v) is 12.8. The summed E-state index contributed by atoms with van der Waals surface area (Å²) >= 11 is 0. The average Bonchev–Trinajstić information content (AvgIpc) is 2.93. The van der Waals surface area contributed by atoms with Gasteiger partial charge in [0.2, 0.25) is 0 Å². The number of carbonyl (C=O) groups is 1. The fourth-order valence-electron chi connectivity index (χ4n) is 2.91. The van der Waals surface area contributed by atoms with Crippen LogP contribution in [0.5, 0.6) is 0 Å². The van der Waals surface area contributed by atoms with Gasteiger partial charge in [-0.1, -0.05) is 50.5 Å². The smallest absolute Gasteiger partial charge is 0.410 e. The molecule has 1 aromatic rings. The maximum Gasteiger partial charge on any atom is 0.410 e. The van der Waals surface area contributed by atoms with E-state index in [9.17, 15) is 4.79 Å². The van der Waals surface area contributed by atoms with Crippen molar-refractivity contribution < 1.29 is 14.3 Å². The summed E-state index contributed by atoms with van der Waals surface area (Å²) in [7, 11) is -1.18. The van der Waals surface area contributed by atoms with Crippen LogP contribution in [0.15, 0.2) is 30.8 Å². The molecule has 1 aliphatic rings. The summed E-state index contributed by atoms with van der Waals surface area (Å²) in [5.41, 5.74) is 2.22. The first kappa shape index (κ1) is 19.7. The number of likely N-dealkylation sites (tertiary alicyclic amines) is 1. The zero-order valence-corrected chi connectivity index (χ0v) is 17.0. The largest absolute Gasteiger partial charge is 0.450 e. The maximum atomic E-state index is 12.3. The van der Waals surface area contributed by atoms with E-state index in [4.69, 9.17) is 9.47 Å². The Labute approximate surface area is 152 Å². The fraction of sp³-hybridized carbons (Fsp3) is 0.550. The summed E-state index contributed by atoms with van der Waals surface area (Å²) < 4.78 is 11.5. The lowest BCUT2D eigenvalue weighted by atomic mass is 10.1. The highest BCUT2D eigenvalue weighted by Crippen LogP contribution is 2.22. The Hall–Kier alpha value is -1.59. The van der Waals surface area contributed by atoms with E-state index in [0.29, 0.717) is 19.8 Å². The molecule has 1 fully saturated rings. The molecular formula is C20H31NO3Si. The highest BCUT2D eigenvalue weighted by Gasteiger charge is 2.34. The van der Waals surface area contributed by atoms with Gasteiger partial charge in [0.15, 0.2) is 0 Å². The SMILES string of the molecule is C=Cc1cccc(CO[C@@H]2C[C@@H](C)N(C(=O)OCC[Si](C)(C)C)C2)c1. The molecule has 0 N–H and O–H groups in total. The molecule has 4 nitrogen and oxygen atoms in total. The molecule has 2 rings (SSSR count). The van der Waals surface area contributed by atoms with Crippen LogP contribution in [0.25, 0.3) is 6.08 Å². The van der Waals surface area contributed by atoms with Crippen molar-refractivity contribution in [1.82, 2.24) is 4.90 Å². The molecule has 0 saturated carbocycles. The molecule has 0 aromatic heterocycles. The van der Waals surface area contributed by atoms with Gasteiger partial charge in [-0.2, -0.15) is 0 Å². The Kier molecular flexibility index (Phi) is 6.84. The van der Waals surface area contributed by atoms with Crippen molar-refractivity contribution in [1.29, 1.82) is 0 Å². The predicted octanol–water partition coefficient (Wildman–Crippen LogP) is 4.78. The van der Waals surface area contributed by atoms with Gasteiger partial charge in [0.05, 0.1) is 25.9 Å². The molecule has 1 heterocycles. The summed E-state index contributed by atoms with van der Waals surface area (Å²) in [6, 6.07) is 9.31. The third-order valence-electron chi connectivity index (χ3n) is 4.52. The van der Waals surface area contributed by atoms with Crippen molar-refractivity contribution in [3.8, 4) is 0 Å². The first-order valence-electron chi connectivity index (χ1n) is 9.05. The molecule has 0 bridgehead atoms. The third-order valence-corrected chi connectivity index (χ3v) is 6.23. The Balaban J connectivity index is 1.79. The molecule has 5 heteroatoms. The monoisotopic (exact) mass is 361 g/mol. The molecule has 25 heavy (non-hydrogen) atoms. The van der Waals surface area contributed by atoms with E-state index in [1.807, 2.05) is 24.3 Å². The number of ether oxygens (including phenoxy) is 2. The molecule has 1 saturated heterocycles. The van der Waals surface area contributed by atoms with Gasteiger partial charge < -0.3 is 14.4 Å². The van der Waals surface area contributed by atoms with Gasteiger partial charge >= 0.3 is 6.09 Å². The van der Waals surface area contributed by atoms with Gasteiger partial charge in [-0.05, 0) is 36.6 Å². The van der Waals surface area contributed by atoms with Gasteiger partial charge in [-0.3, -0.25) is 0 Å². The van der Waals surface area contributed by atoms with Gasteiger partial charge in [0.25, 0.3) is 0 Å². The van der Waals surface area contributed by atoms with Crippen LogP contribution in [-0.2, 0) is 16.1 Å². The van der Waals surface area contributed by atoms with Crippen LogP contribution >= 0.6 is 0 Å². The van der Waals surface area contributed by atoms with Gasteiger partial charge in [-0.25, -0.2) is 4.79 Å². The minimum atomic E-state index is -1.18. The van der Waals surface area contributed by atoms with Gasteiger partial charge in [0, 0.05) is 14.1 Å². The van der Waals surface area contributed by atoms with Crippen molar-refractivity contribution in [3.05, 3.63) is 42.0 Å². The highest BCUT2D eigenvalue weighted by molar-refractivity contribution is 6.76. The molecule has 1 aliphatic heterocycles. The molecule has 138 valence electrons. The number of nitrogens with zero attached hydrogens (tertiary/aromatic N) is 1. The van der Waals surface area contributed by atoms with Gasteiger partial charge in [-0.15, -0.1) is 0 Å². The van der Waals surface area contributed by atoms with Crippen molar-refractivity contribution in [2.24, 2.45) is 0 Å². The number of carbonyl (C=O) groups excluding carboxylic acids is 1. The summed E-state index contributed by atoms with van der Waals surface area (Å²) in [5.74, 6) is 0. The summed E-state index contributed by atoms with van der Waals surface area (Å²) in [6.45, 7) is 14.4. The standard InChI is InChI=1S/C20H31NO3Si/c1-6-17-8-7-9-18(13-17)15-24-19-12-16(2)21(14-19)20(22)23-10-11-25(3,4)5/h6-9,13,16,19H,1,10-12,14-15H2,2-5H3/t16-,19-/m1/s1.